The highest BCUT2D eigenvalue weighted by Crippen LogP contribution is 2.05. The zero-order valence-corrected chi connectivity index (χ0v) is 5.80. The van der Waals surface area contributed by atoms with Gasteiger partial charge in [0.15, 0.2) is 0 Å². The second-order valence-electron chi connectivity index (χ2n) is 2.73. The first-order chi connectivity index (χ1) is 4.70. The number of nitrogens with one attached hydrogen (secondary N) is 1. The van der Waals surface area contributed by atoms with Gasteiger partial charge in [0.05, 0.1) is 19.0 Å². The van der Waals surface area contributed by atoms with Gasteiger partial charge in [-0.15, -0.1) is 0 Å². The van der Waals surface area contributed by atoms with Gasteiger partial charge >= 0.3 is 0 Å². The standard InChI is InChI=1S/C6H12N2O2/c7-6(9)5-2-1-3-8(10)4-5/h5,8H,1-4H2,(H2,7,9). The summed E-state index contributed by atoms with van der Waals surface area (Å²) in [4.78, 5) is 10.6. The predicted octanol–water partition coefficient (Wildman–Crippen LogP) is -1.74. The minimum Gasteiger partial charge on any atom is -0.634 e. The van der Waals surface area contributed by atoms with Crippen LogP contribution in [0.5, 0.6) is 0 Å². The minimum absolute atomic E-state index is 0.176. The summed E-state index contributed by atoms with van der Waals surface area (Å²) in [6.07, 6.45) is 1.62. The van der Waals surface area contributed by atoms with Gasteiger partial charge in [-0.25, -0.2) is 0 Å². The molecule has 0 radical (unpaired) electrons. The first-order valence-electron chi connectivity index (χ1n) is 3.51. The highest BCUT2D eigenvalue weighted by atomic mass is 16.5. The molecule has 2 unspecified atom stereocenters. The lowest BCUT2D eigenvalue weighted by atomic mass is 9.99. The molecule has 0 aliphatic carbocycles. The quantitative estimate of drug-likeness (QED) is 0.429. The van der Waals surface area contributed by atoms with Crippen molar-refractivity contribution < 1.29 is 9.86 Å². The molecule has 1 aliphatic rings. The van der Waals surface area contributed by atoms with E-state index in [1.165, 1.54) is 0 Å². The molecule has 1 saturated heterocycles. The number of hydroxylamine groups is 2. The van der Waals surface area contributed by atoms with E-state index in [1.807, 2.05) is 0 Å². The number of rotatable bonds is 1. The Balaban J connectivity index is 2.39. The SMILES string of the molecule is NC(=O)C1CCC[NH+]([O-])C1. The van der Waals surface area contributed by atoms with E-state index in [2.05, 4.69) is 0 Å². The number of piperidine rings is 1. The Bertz CT molecular complexity index is 138. The van der Waals surface area contributed by atoms with Crippen molar-refractivity contribution in [2.75, 3.05) is 13.1 Å². The van der Waals surface area contributed by atoms with E-state index < -0.39 is 0 Å². The summed E-state index contributed by atoms with van der Waals surface area (Å²) >= 11 is 0. The number of primary amides is 1. The molecule has 2 atom stereocenters. The van der Waals surface area contributed by atoms with E-state index in [-0.39, 0.29) is 16.9 Å². The molecular formula is C6H12N2O2. The van der Waals surface area contributed by atoms with Crippen LogP contribution < -0.4 is 10.8 Å². The maximum Gasteiger partial charge on any atom is 0.226 e. The summed E-state index contributed by atoms with van der Waals surface area (Å²) in [5, 5.41) is 10.9. The molecule has 1 amide bonds. The fourth-order valence-corrected chi connectivity index (χ4v) is 1.27. The van der Waals surface area contributed by atoms with E-state index in [0.29, 0.717) is 13.1 Å². The number of quaternary nitrogens is 1. The van der Waals surface area contributed by atoms with Crippen LogP contribution >= 0.6 is 0 Å². The molecule has 1 heterocycles. The van der Waals surface area contributed by atoms with Crippen LogP contribution in [-0.4, -0.2) is 19.0 Å². The predicted molar refractivity (Wildman–Crippen MR) is 36.0 cm³/mol. The van der Waals surface area contributed by atoms with Gasteiger partial charge in [-0.1, -0.05) is 0 Å². The lowest BCUT2D eigenvalue weighted by Gasteiger charge is -2.30. The summed E-state index contributed by atoms with van der Waals surface area (Å²) in [7, 11) is 0. The largest absolute Gasteiger partial charge is 0.634 e. The van der Waals surface area contributed by atoms with E-state index in [0.717, 1.165) is 12.8 Å². The Morgan fingerprint density at radius 2 is 2.40 bits per heavy atom. The molecule has 0 aromatic rings. The van der Waals surface area contributed by atoms with Crippen molar-refractivity contribution in [1.29, 1.82) is 0 Å². The van der Waals surface area contributed by atoms with Crippen molar-refractivity contribution in [1.82, 2.24) is 0 Å². The van der Waals surface area contributed by atoms with Crippen molar-refractivity contribution in [3.63, 3.8) is 0 Å². The molecular weight excluding hydrogens is 132 g/mol. The van der Waals surface area contributed by atoms with Gasteiger partial charge in [0.25, 0.3) is 0 Å². The zero-order chi connectivity index (χ0) is 7.56. The number of nitrogens with two attached hydrogens (primary N) is 1. The van der Waals surface area contributed by atoms with E-state index >= 15 is 0 Å². The second kappa shape index (κ2) is 2.98. The average molecular weight is 144 g/mol. The van der Waals surface area contributed by atoms with Crippen molar-refractivity contribution in [3.8, 4) is 0 Å². The van der Waals surface area contributed by atoms with Crippen molar-refractivity contribution in [2.45, 2.75) is 12.8 Å². The zero-order valence-electron chi connectivity index (χ0n) is 5.80. The van der Waals surface area contributed by atoms with Gasteiger partial charge in [-0.3, -0.25) is 4.79 Å². The molecule has 10 heavy (non-hydrogen) atoms. The lowest BCUT2D eigenvalue weighted by Crippen LogP contribution is -3.09. The highest BCUT2D eigenvalue weighted by Gasteiger charge is 2.22. The second-order valence-corrected chi connectivity index (χ2v) is 2.73. The minimum atomic E-state index is -0.326. The van der Waals surface area contributed by atoms with Crippen LogP contribution in [0.15, 0.2) is 0 Å². The molecule has 3 N–H and O–H groups in total. The highest BCUT2D eigenvalue weighted by molar-refractivity contribution is 5.76. The van der Waals surface area contributed by atoms with Crippen LogP contribution in [-0.2, 0) is 4.79 Å². The number of amides is 1. The van der Waals surface area contributed by atoms with E-state index in [9.17, 15) is 10.0 Å². The first kappa shape index (κ1) is 7.50. The van der Waals surface area contributed by atoms with E-state index in [1.54, 1.807) is 0 Å². The maximum absolute atomic E-state index is 10.8. The van der Waals surface area contributed by atoms with Gasteiger partial charge in [-0.05, 0) is 12.8 Å². The summed E-state index contributed by atoms with van der Waals surface area (Å²) in [6.45, 7) is 0.999. The van der Waals surface area contributed by atoms with Gasteiger partial charge in [0.1, 0.15) is 0 Å². The summed E-state index contributed by atoms with van der Waals surface area (Å²) in [5.41, 5.74) is 5.04. The molecule has 1 fully saturated rings. The van der Waals surface area contributed by atoms with Crippen molar-refractivity contribution in [2.24, 2.45) is 11.7 Å². The topological polar surface area (TPSA) is 70.6 Å². The molecule has 0 bridgehead atoms. The number of carbonyl (C=O) groups excluding carboxylic acids is 1. The van der Waals surface area contributed by atoms with Crippen LogP contribution in [0.4, 0.5) is 0 Å². The third kappa shape index (κ3) is 1.68. The molecule has 0 aromatic heterocycles. The number of hydrogen-bond donors (Lipinski definition) is 2. The third-order valence-corrected chi connectivity index (χ3v) is 1.88. The van der Waals surface area contributed by atoms with Crippen LogP contribution in [0.3, 0.4) is 0 Å². The lowest BCUT2D eigenvalue weighted by molar-refractivity contribution is -0.856. The third-order valence-electron chi connectivity index (χ3n) is 1.88. The van der Waals surface area contributed by atoms with Gasteiger partial charge < -0.3 is 16.0 Å². The Morgan fingerprint density at radius 3 is 2.80 bits per heavy atom. The first-order valence-corrected chi connectivity index (χ1v) is 3.51. The van der Waals surface area contributed by atoms with Crippen LogP contribution in [0.2, 0.25) is 0 Å². The molecule has 0 spiro atoms. The summed E-state index contributed by atoms with van der Waals surface area (Å²) in [5.74, 6) is -0.505. The fourth-order valence-electron chi connectivity index (χ4n) is 1.27. The average Bonchev–Trinajstić information content (AvgIpc) is 1.88. The molecule has 58 valence electrons. The molecule has 0 aromatic carbocycles. The van der Waals surface area contributed by atoms with Gasteiger partial charge in [0.2, 0.25) is 5.91 Å². The Kier molecular flexibility index (Phi) is 2.24. The van der Waals surface area contributed by atoms with Crippen molar-refractivity contribution in [3.05, 3.63) is 5.21 Å². The molecule has 1 rings (SSSR count). The summed E-state index contributed by atoms with van der Waals surface area (Å²) in [6, 6.07) is 0. The monoisotopic (exact) mass is 144 g/mol. The Hall–Kier alpha value is -0.610. The molecule has 0 saturated carbocycles. The Labute approximate surface area is 59.6 Å². The summed E-state index contributed by atoms with van der Waals surface area (Å²) < 4.78 is 0. The number of carbonyl (C=O) groups is 1. The smallest absolute Gasteiger partial charge is 0.226 e. The van der Waals surface area contributed by atoms with Crippen LogP contribution in [0.25, 0.3) is 0 Å². The van der Waals surface area contributed by atoms with Gasteiger partial charge in [0, 0.05) is 0 Å². The maximum atomic E-state index is 10.8. The Morgan fingerprint density at radius 1 is 1.70 bits per heavy atom. The molecule has 4 heteroatoms. The number of hydrogen-bond acceptors (Lipinski definition) is 2. The van der Waals surface area contributed by atoms with Crippen molar-refractivity contribution >= 4 is 5.91 Å². The molecule has 4 nitrogen and oxygen atoms in total. The fraction of sp³-hybridized carbons (Fsp3) is 0.833. The van der Waals surface area contributed by atoms with E-state index in [4.69, 9.17) is 5.73 Å². The van der Waals surface area contributed by atoms with Crippen LogP contribution in [0, 0.1) is 11.1 Å². The van der Waals surface area contributed by atoms with Crippen LogP contribution in [0.1, 0.15) is 12.8 Å². The molecule has 1 aliphatic heterocycles. The van der Waals surface area contributed by atoms with Gasteiger partial charge in [-0.2, -0.15) is 0 Å². The normalized spacial score (nSPS) is 33.7.